The Labute approximate surface area is 141 Å². The largest absolute Gasteiger partial charge is 0.351 e. The molecule has 0 aromatic heterocycles. The highest BCUT2D eigenvalue weighted by molar-refractivity contribution is 5.83. The average Bonchev–Trinajstić information content (AvgIpc) is 2.50. The average molecular weight is 334 g/mol. The highest BCUT2D eigenvalue weighted by atomic mass is 19.3. The third-order valence-electron chi connectivity index (χ3n) is 4.10. The lowest BCUT2D eigenvalue weighted by atomic mass is 10.0. The molecule has 0 aliphatic rings. The van der Waals surface area contributed by atoms with Crippen LogP contribution in [0.1, 0.15) is 97.8 Å². The van der Waals surface area contributed by atoms with Gasteiger partial charge in [-0.25, -0.2) is 0 Å². The third-order valence-corrected chi connectivity index (χ3v) is 4.10. The third kappa shape index (κ3) is 13.5. The van der Waals surface area contributed by atoms with Gasteiger partial charge in [0.25, 0.3) is 5.91 Å². The second-order valence-electron chi connectivity index (χ2n) is 7.09. The van der Waals surface area contributed by atoms with Crippen molar-refractivity contribution in [2.45, 2.75) is 104 Å². The van der Waals surface area contributed by atoms with Crippen LogP contribution in [0.25, 0.3) is 0 Å². The van der Waals surface area contributed by atoms with E-state index in [2.05, 4.69) is 12.2 Å². The van der Waals surface area contributed by atoms with E-state index in [0.29, 0.717) is 13.0 Å². The van der Waals surface area contributed by atoms with E-state index in [1.165, 1.54) is 44.9 Å². The molecule has 0 radical (unpaired) electrons. The Kier molecular flexibility index (Phi) is 13.3. The molecule has 23 heavy (non-hydrogen) atoms. The van der Waals surface area contributed by atoms with E-state index < -0.39 is 11.8 Å². The second kappa shape index (κ2) is 13.7. The van der Waals surface area contributed by atoms with Crippen molar-refractivity contribution in [1.29, 1.82) is 0 Å². The number of carbonyl (C=O) groups is 1. The molecule has 0 atom stereocenters. The molecule has 2 nitrogen and oxygen atoms in total. The Morgan fingerprint density at radius 3 is 1.74 bits per heavy atom. The Bertz CT molecular complexity index is 293. The highest BCUT2D eigenvalue weighted by Crippen LogP contribution is 2.23. The van der Waals surface area contributed by atoms with Gasteiger partial charge >= 0.3 is 5.92 Å². The molecule has 138 valence electrons. The van der Waals surface area contributed by atoms with Gasteiger partial charge in [0.1, 0.15) is 0 Å². The van der Waals surface area contributed by atoms with Crippen LogP contribution in [0.2, 0.25) is 0 Å². The standard InChI is InChI=1S/C19H37F2NO/c1-4-5-6-7-8-9-10-11-12-13-14-15-19(20,21)18(23)22-16-17(2)3/h17H,4-16H2,1-3H3,(H,22,23). The molecule has 0 saturated heterocycles. The number of carbonyl (C=O) groups excluding carboxylic acids is 1. The summed E-state index contributed by atoms with van der Waals surface area (Å²) in [6.45, 7) is 6.31. The maximum Gasteiger partial charge on any atom is 0.324 e. The van der Waals surface area contributed by atoms with Gasteiger partial charge in [-0.05, 0) is 12.3 Å². The number of unbranched alkanes of at least 4 members (excludes halogenated alkanes) is 10. The molecule has 0 aliphatic heterocycles. The van der Waals surface area contributed by atoms with Crippen molar-refractivity contribution in [3.63, 3.8) is 0 Å². The summed E-state index contributed by atoms with van der Waals surface area (Å²) in [6, 6.07) is 0. The first-order valence-corrected chi connectivity index (χ1v) is 9.56. The molecule has 1 N–H and O–H groups in total. The predicted molar refractivity (Wildman–Crippen MR) is 93.9 cm³/mol. The van der Waals surface area contributed by atoms with Crippen LogP contribution in [0.15, 0.2) is 0 Å². The van der Waals surface area contributed by atoms with E-state index in [1.807, 2.05) is 13.8 Å². The molecule has 0 aliphatic carbocycles. The van der Waals surface area contributed by atoms with Gasteiger partial charge in [0.15, 0.2) is 0 Å². The smallest absolute Gasteiger partial charge is 0.324 e. The van der Waals surface area contributed by atoms with Crippen LogP contribution < -0.4 is 5.32 Å². The first-order chi connectivity index (χ1) is 10.9. The van der Waals surface area contributed by atoms with Gasteiger partial charge in [-0.3, -0.25) is 4.79 Å². The zero-order valence-electron chi connectivity index (χ0n) is 15.4. The first kappa shape index (κ1) is 22.3. The van der Waals surface area contributed by atoms with E-state index in [-0.39, 0.29) is 12.3 Å². The molecule has 0 spiro atoms. The van der Waals surface area contributed by atoms with E-state index in [0.717, 1.165) is 19.3 Å². The van der Waals surface area contributed by atoms with Crippen LogP contribution in [0.5, 0.6) is 0 Å². The molecule has 4 heteroatoms. The number of halogens is 2. The number of alkyl halides is 2. The summed E-state index contributed by atoms with van der Waals surface area (Å²) in [5, 5.41) is 2.32. The Balaban J connectivity index is 3.50. The van der Waals surface area contributed by atoms with Gasteiger partial charge in [-0.15, -0.1) is 0 Å². The summed E-state index contributed by atoms with van der Waals surface area (Å²) >= 11 is 0. The monoisotopic (exact) mass is 333 g/mol. The SMILES string of the molecule is CCCCCCCCCCCCCC(F)(F)C(=O)NCC(C)C. The van der Waals surface area contributed by atoms with Crippen molar-refractivity contribution in [2.75, 3.05) is 6.54 Å². The van der Waals surface area contributed by atoms with Gasteiger partial charge in [0.2, 0.25) is 0 Å². The maximum atomic E-state index is 13.6. The van der Waals surface area contributed by atoms with Gasteiger partial charge in [0.05, 0.1) is 0 Å². The number of hydrogen-bond donors (Lipinski definition) is 1. The number of hydrogen-bond acceptors (Lipinski definition) is 1. The van der Waals surface area contributed by atoms with Crippen molar-refractivity contribution in [2.24, 2.45) is 5.92 Å². The lowest BCUT2D eigenvalue weighted by Crippen LogP contribution is -2.41. The summed E-state index contributed by atoms with van der Waals surface area (Å²) in [5.74, 6) is -4.14. The predicted octanol–water partition coefficient (Wildman–Crippen LogP) is 6.10. The molecule has 0 saturated carbocycles. The quantitative estimate of drug-likeness (QED) is 0.361. The fourth-order valence-corrected chi connectivity index (χ4v) is 2.55. The lowest BCUT2D eigenvalue weighted by Gasteiger charge is -2.16. The number of nitrogens with one attached hydrogen (secondary N) is 1. The molecule has 0 heterocycles. The summed E-state index contributed by atoms with van der Waals surface area (Å²) in [5.41, 5.74) is 0. The highest BCUT2D eigenvalue weighted by Gasteiger charge is 2.37. The van der Waals surface area contributed by atoms with E-state index in [4.69, 9.17) is 0 Å². The zero-order chi connectivity index (χ0) is 17.6. The van der Waals surface area contributed by atoms with Crippen LogP contribution in [-0.4, -0.2) is 18.4 Å². The minimum Gasteiger partial charge on any atom is -0.351 e. The molecule has 0 fully saturated rings. The second-order valence-corrected chi connectivity index (χ2v) is 7.09. The van der Waals surface area contributed by atoms with Crippen molar-refractivity contribution in [3.05, 3.63) is 0 Å². The van der Waals surface area contributed by atoms with Crippen molar-refractivity contribution >= 4 is 5.91 Å². The van der Waals surface area contributed by atoms with Crippen molar-refractivity contribution in [1.82, 2.24) is 5.32 Å². The summed E-state index contributed by atoms with van der Waals surface area (Å²) < 4.78 is 27.3. The molecular formula is C19H37F2NO. The summed E-state index contributed by atoms with van der Waals surface area (Å²) in [6.07, 6.45) is 12.1. The van der Waals surface area contributed by atoms with Crippen LogP contribution in [0.4, 0.5) is 8.78 Å². The Hall–Kier alpha value is -0.670. The van der Waals surface area contributed by atoms with Crippen LogP contribution in [-0.2, 0) is 4.79 Å². The molecule has 0 rings (SSSR count). The molecular weight excluding hydrogens is 296 g/mol. The Morgan fingerprint density at radius 1 is 0.870 bits per heavy atom. The zero-order valence-corrected chi connectivity index (χ0v) is 15.4. The van der Waals surface area contributed by atoms with Crippen molar-refractivity contribution in [3.8, 4) is 0 Å². The van der Waals surface area contributed by atoms with Gasteiger partial charge in [0, 0.05) is 13.0 Å². The topological polar surface area (TPSA) is 29.1 Å². The van der Waals surface area contributed by atoms with Gasteiger partial charge in [-0.1, -0.05) is 85.0 Å². The minimum absolute atomic E-state index is 0.191. The first-order valence-electron chi connectivity index (χ1n) is 9.56. The van der Waals surface area contributed by atoms with E-state index in [9.17, 15) is 13.6 Å². The lowest BCUT2D eigenvalue weighted by molar-refractivity contribution is -0.146. The summed E-state index contributed by atoms with van der Waals surface area (Å²) in [4.78, 5) is 11.4. The van der Waals surface area contributed by atoms with E-state index in [1.54, 1.807) is 0 Å². The molecule has 0 aromatic rings. The molecule has 0 unspecified atom stereocenters. The van der Waals surface area contributed by atoms with Gasteiger partial charge < -0.3 is 5.32 Å². The summed E-state index contributed by atoms with van der Waals surface area (Å²) in [7, 11) is 0. The molecule has 0 bridgehead atoms. The van der Waals surface area contributed by atoms with Crippen LogP contribution in [0, 0.1) is 5.92 Å². The van der Waals surface area contributed by atoms with Gasteiger partial charge in [-0.2, -0.15) is 8.78 Å². The van der Waals surface area contributed by atoms with Crippen LogP contribution >= 0.6 is 0 Å². The maximum absolute atomic E-state index is 13.6. The number of rotatable bonds is 15. The minimum atomic E-state index is -3.21. The molecule has 0 aromatic carbocycles. The fraction of sp³-hybridized carbons (Fsp3) is 0.947. The van der Waals surface area contributed by atoms with E-state index >= 15 is 0 Å². The fourth-order valence-electron chi connectivity index (χ4n) is 2.55. The number of amides is 1. The molecule has 1 amide bonds. The van der Waals surface area contributed by atoms with Crippen LogP contribution in [0.3, 0.4) is 0 Å². The Morgan fingerprint density at radius 2 is 1.30 bits per heavy atom. The normalized spacial score (nSPS) is 11.9. The van der Waals surface area contributed by atoms with Crippen molar-refractivity contribution < 1.29 is 13.6 Å².